The van der Waals surface area contributed by atoms with Gasteiger partial charge in [-0.05, 0) is 60.8 Å². The third-order valence-electron chi connectivity index (χ3n) is 5.87. The van der Waals surface area contributed by atoms with E-state index in [0.717, 1.165) is 55.5 Å². The van der Waals surface area contributed by atoms with Gasteiger partial charge in [0.25, 0.3) is 0 Å². The number of halogens is 1. The molecule has 4 rings (SSSR count). The standard InChI is InChI=1S/C21H25ClN2O.C4H6O4/c1-21(2)13-25-19-6-3-14(11-17(19)21)12-24-20-16-8-10-23-9-7-15(16)4-5-18(20)22;5-3(6)1-2-4(7)8/h3-6,11,23-24H,7-10,12-13H2,1-2H3;1-2H2,(H,5,6)(H,7,8). The van der Waals surface area contributed by atoms with Gasteiger partial charge in [-0.3, -0.25) is 9.59 Å². The molecule has 0 unspecified atom stereocenters. The highest BCUT2D eigenvalue weighted by Crippen LogP contribution is 2.39. The Morgan fingerprint density at radius 2 is 1.79 bits per heavy atom. The molecule has 2 aromatic rings. The molecule has 0 saturated heterocycles. The molecule has 2 heterocycles. The van der Waals surface area contributed by atoms with Crippen LogP contribution in [0, 0.1) is 0 Å². The molecule has 2 aromatic carbocycles. The molecule has 0 atom stereocenters. The molecule has 0 bridgehead atoms. The summed E-state index contributed by atoms with van der Waals surface area (Å²) < 4.78 is 5.79. The molecule has 33 heavy (non-hydrogen) atoms. The summed E-state index contributed by atoms with van der Waals surface area (Å²) in [6.45, 7) is 8.03. The van der Waals surface area contributed by atoms with Crippen molar-refractivity contribution in [1.29, 1.82) is 0 Å². The Morgan fingerprint density at radius 1 is 1.09 bits per heavy atom. The van der Waals surface area contributed by atoms with Crippen molar-refractivity contribution in [3.8, 4) is 5.75 Å². The molecule has 7 nitrogen and oxygen atoms in total. The van der Waals surface area contributed by atoms with Crippen molar-refractivity contribution in [2.24, 2.45) is 0 Å². The lowest BCUT2D eigenvalue weighted by Gasteiger charge is -2.18. The minimum Gasteiger partial charge on any atom is -0.492 e. The molecule has 4 N–H and O–H groups in total. The van der Waals surface area contributed by atoms with Gasteiger partial charge in [0, 0.05) is 17.5 Å². The van der Waals surface area contributed by atoms with Crippen LogP contribution in [0.3, 0.4) is 0 Å². The number of carboxylic acids is 2. The van der Waals surface area contributed by atoms with E-state index in [1.807, 2.05) is 6.07 Å². The number of nitrogens with one attached hydrogen (secondary N) is 2. The molecule has 0 aromatic heterocycles. The van der Waals surface area contributed by atoms with E-state index in [-0.39, 0.29) is 18.3 Å². The quantitative estimate of drug-likeness (QED) is 0.495. The largest absolute Gasteiger partial charge is 0.492 e. The zero-order valence-electron chi connectivity index (χ0n) is 19.0. The number of ether oxygens (including phenoxy) is 1. The molecule has 0 aliphatic carbocycles. The molecule has 178 valence electrons. The molecule has 0 saturated carbocycles. The lowest BCUT2D eigenvalue weighted by Crippen LogP contribution is -2.18. The highest BCUT2D eigenvalue weighted by atomic mass is 35.5. The van der Waals surface area contributed by atoms with Crippen molar-refractivity contribution in [3.05, 3.63) is 57.6 Å². The minimum absolute atomic E-state index is 0.0818. The second kappa shape index (κ2) is 10.9. The third kappa shape index (κ3) is 6.62. The fourth-order valence-corrected chi connectivity index (χ4v) is 4.26. The maximum absolute atomic E-state index is 9.64. The molecule has 0 radical (unpaired) electrons. The van der Waals surface area contributed by atoms with Crippen LogP contribution >= 0.6 is 11.6 Å². The second-order valence-corrected chi connectivity index (χ2v) is 9.36. The topological polar surface area (TPSA) is 108 Å². The maximum atomic E-state index is 9.64. The van der Waals surface area contributed by atoms with Crippen molar-refractivity contribution in [3.63, 3.8) is 0 Å². The highest BCUT2D eigenvalue weighted by molar-refractivity contribution is 6.33. The van der Waals surface area contributed by atoms with Crippen LogP contribution in [0.15, 0.2) is 30.3 Å². The van der Waals surface area contributed by atoms with E-state index in [9.17, 15) is 9.59 Å². The van der Waals surface area contributed by atoms with E-state index >= 15 is 0 Å². The van der Waals surface area contributed by atoms with E-state index < -0.39 is 11.9 Å². The summed E-state index contributed by atoms with van der Waals surface area (Å²) in [5.41, 5.74) is 6.51. The van der Waals surface area contributed by atoms with Gasteiger partial charge < -0.3 is 25.6 Å². The molecule has 0 amide bonds. The van der Waals surface area contributed by atoms with Gasteiger partial charge in [0.05, 0.1) is 30.2 Å². The van der Waals surface area contributed by atoms with Gasteiger partial charge in [-0.25, -0.2) is 0 Å². The van der Waals surface area contributed by atoms with E-state index in [4.69, 9.17) is 26.6 Å². The van der Waals surface area contributed by atoms with Crippen LogP contribution in [-0.2, 0) is 34.4 Å². The van der Waals surface area contributed by atoms with Crippen molar-refractivity contribution in [1.82, 2.24) is 5.32 Å². The normalized spacial score (nSPS) is 15.7. The monoisotopic (exact) mass is 474 g/mol. The SMILES string of the molecule is CC1(C)COc2ccc(CNc3c(Cl)ccc4c3CCNCC4)cc21.O=C(O)CCC(=O)O. The van der Waals surface area contributed by atoms with Crippen LogP contribution in [0.25, 0.3) is 0 Å². The fraction of sp³-hybridized carbons (Fsp3) is 0.440. The Labute approximate surface area is 199 Å². The first kappa shape index (κ1) is 24.9. The minimum atomic E-state index is -1.08. The Kier molecular flexibility index (Phi) is 8.21. The van der Waals surface area contributed by atoms with Crippen LogP contribution in [0.4, 0.5) is 5.69 Å². The van der Waals surface area contributed by atoms with E-state index in [1.165, 1.54) is 22.3 Å². The van der Waals surface area contributed by atoms with Crippen molar-refractivity contribution in [2.75, 3.05) is 25.0 Å². The molecular weight excluding hydrogens is 444 g/mol. The lowest BCUT2D eigenvalue weighted by molar-refractivity contribution is -0.143. The third-order valence-corrected chi connectivity index (χ3v) is 6.18. The summed E-state index contributed by atoms with van der Waals surface area (Å²) in [6, 6.07) is 10.7. The Morgan fingerprint density at radius 3 is 2.48 bits per heavy atom. The predicted octanol–water partition coefficient (Wildman–Crippen LogP) is 4.25. The Bertz CT molecular complexity index is 1010. The molecule has 2 aliphatic rings. The number of fused-ring (bicyclic) bond motifs is 2. The zero-order valence-corrected chi connectivity index (χ0v) is 19.8. The number of hydrogen-bond donors (Lipinski definition) is 4. The number of rotatable bonds is 6. The first-order valence-corrected chi connectivity index (χ1v) is 11.5. The summed E-state index contributed by atoms with van der Waals surface area (Å²) in [4.78, 5) is 19.3. The molecule has 8 heteroatoms. The van der Waals surface area contributed by atoms with Crippen LogP contribution in [0.1, 0.15) is 48.9 Å². The number of carbonyl (C=O) groups is 2. The second-order valence-electron chi connectivity index (χ2n) is 8.95. The first-order valence-electron chi connectivity index (χ1n) is 11.1. The summed E-state index contributed by atoms with van der Waals surface area (Å²) in [6.07, 6.45) is 1.49. The smallest absolute Gasteiger partial charge is 0.303 e. The van der Waals surface area contributed by atoms with E-state index in [0.29, 0.717) is 0 Å². The van der Waals surface area contributed by atoms with Gasteiger partial charge >= 0.3 is 11.9 Å². The summed E-state index contributed by atoms with van der Waals surface area (Å²) in [5, 5.41) is 23.7. The molecule has 2 aliphatic heterocycles. The number of hydrogen-bond acceptors (Lipinski definition) is 5. The van der Waals surface area contributed by atoms with Gasteiger partial charge in [0.15, 0.2) is 0 Å². The van der Waals surface area contributed by atoms with Gasteiger partial charge in [-0.2, -0.15) is 0 Å². The molecular formula is C25H31ClN2O5. The highest BCUT2D eigenvalue weighted by Gasteiger charge is 2.31. The average molecular weight is 475 g/mol. The first-order chi connectivity index (χ1) is 15.7. The lowest BCUT2D eigenvalue weighted by atomic mass is 9.86. The Balaban J connectivity index is 0.000000331. The summed E-state index contributed by atoms with van der Waals surface area (Å²) >= 11 is 6.52. The van der Waals surface area contributed by atoms with Crippen molar-refractivity contribution >= 4 is 29.2 Å². The van der Waals surface area contributed by atoms with Gasteiger partial charge in [0.1, 0.15) is 5.75 Å². The average Bonchev–Trinajstić information content (AvgIpc) is 2.92. The Hall–Kier alpha value is -2.77. The van der Waals surface area contributed by atoms with Gasteiger partial charge in [-0.1, -0.05) is 37.6 Å². The van der Waals surface area contributed by atoms with Crippen LogP contribution in [0.5, 0.6) is 5.75 Å². The fourth-order valence-electron chi connectivity index (χ4n) is 4.02. The summed E-state index contributed by atoms with van der Waals surface area (Å²) in [5.74, 6) is -1.13. The number of benzene rings is 2. The van der Waals surface area contributed by atoms with Gasteiger partial charge in [-0.15, -0.1) is 0 Å². The zero-order chi connectivity index (χ0) is 24.0. The van der Waals surface area contributed by atoms with E-state index in [2.05, 4.69) is 48.7 Å². The molecule has 0 spiro atoms. The summed E-state index contributed by atoms with van der Waals surface area (Å²) in [7, 11) is 0. The number of aliphatic carboxylic acids is 2. The molecule has 0 fully saturated rings. The predicted molar refractivity (Wildman–Crippen MR) is 129 cm³/mol. The van der Waals surface area contributed by atoms with E-state index in [1.54, 1.807) is 0 Å². The number of anilines is 1. The maximum Gasteiger partial charge on any atom is 0.303 e. The van der Waals surface area contributed by atoms with Crippen LogP contribution in [0.2, 0.25) is 5.02 Å². The van der Waals surface area contributed by atoms with Gasteiger partial charge in [0.2, 0.25) is 0 Å². The number of carboxylic acid groups (broad SMARTS) is 2. The van der Waals surface area contributed by atoms with Crippen LogP contribution in [-0.4, -0.2) is 41.8 Å². The van der Waals surface area contributed by atoms with Crippen LogP contribution < -0.4 is 15.4 Å². The van der Waals surface area contributed by atoms with Crippen molar-refractivity contribution < 1.29 is 24.5 Å². The van der Waals surface area contributed by atoms with Crippen molar-refractivity contribution in [2.45, 2.75) is 51.5 Å².